The summed E-state index contributed by atoms with van der Waals surface area (Å²) in [6.07, 6.45) is 1.97. The number of hydrogen-bond donors (Lipinski definition) is 1. The summed E-state index contributed by atoms with van der Waals surface area (Å²) in [5.41, 5.74) is 0. The molecule has 21 heavy (non-hydrogen) atoms. The van der Waals surface area contributed by atoms with Crippen molar-refractivity contribution in [2.45, 2.75) is 52.0 Å². The molecule has 0 saturated heterocycles. The Morgan fingerprint density at radius 2 is 2.10 bits per heavy atom. The van der Waals surface area contributed by atoms with Gasteiger partial charge in [0.05, 0.1) is 0 Å². The molecule has 0 aromatic carbocycles. The Morgan fingerprint density at radius 3 is 2.62 bits per heavy atom. The minimum atomic E-state index is -0.986. The number of carbonyl (C=O) groups is 2. The molecule has 2 unspecified atom stereocenters. The molecule has 1 amide bonds. The average molecular weight is 293 g/mol. The minimum Gasteiger partial charge on any atom is -0.480 e. The van der Waals surface area contributed by atoms with E-state index in [2.05, 4.69) is 6.92 Å². The van der Waals surface area contributed by atoms with Crippen LogP contribution in [0.25, 0.3) is 0 Å². The maximum Gasteiger partial charge on any atom is 0.323 e. The van der Waals surface area contributed by atoms with Gasteiger partial charge in [-0.15, -0.1) is 0 Å². The number of aryl methyl sites for hydroxylation is 1. The molecule has 1 N–H and O–H groups in total. The van der Waals surface area contributed by atoms with Crippen molar-refractivity contribution >= 4 is 11.9 Å². The second-order valence-corrected chi connectivity index (χ2v) is 6.13. The van der Waals surface area contributed by atoms with Gasteiger partial charge >= 0.3 is 5.97 Å². The highest BCUT2D eigenvalue weighted by molar-refractivity contribution is 5.81. The summed E-state index contributed by atoms with van der Waals surface area (Å²) < 4.78 is 5.76. The van der Waals surface area contributed by atoms with Crippen LogP contribution in [-0.2, 0) is 16.0 Å². The topological polar surface area (TPSA) is 70.8 Å². The van der Waals surface area contributed by atoms with Crippen LogP contribution in [0.15, 0.2) is 16.5 Å². The van der Waals surface area contributed by atoms with Crippen LogP contribution in [0.3, 0.4) is 0 Å². The third-order valence-corrected chi connectivity index (χ3v) is 3.99. The molecular weight excluding hydrogens is 270 g/mol. The SMILES string of the molecule is CC1CC1c1ccc(CCC(=O)N(CC(=O)O)C(C)C)o1. The number of furan rings is 1. The molecule has 1 aliphatic carbocycles. The first-order valence-corrected chi connectivity index (χ1v) is 7.48. The lowest BCUT2D eigenvalue weighted by molar-refractivity contribution is -0.145. The summed E-state index contributed by atoms with van der Waals surface area (Å²) in [7, 11) is 0. The number of nitrogens with zero attached hydrogens (tertiary/aromatic N) is 1. The van der Waals surface area contributed by atoms with E-state index in [1.54, 1.807) is 0 Å². The summed E-state index contributed by atoms with van der Waals surface area (Å²) in [5.74, 6) is 1.91. The molecule has 1 aromatic heterocycles. The molecule has 2 atom stereocenters. The highest BCUT2D eigenvalue weighted by Gasteiger charge is 2.36. The Hall–Kier alpha value is -1.78. The molecule has 1 aromatic rings. The minimum absolute atomic E-state index is 0.118. The van der Waals surface area contributed by atoms with Gasteiger partial charge in [-0.05, 0) is 38.3 Å². The average Bonchev–Trinajstić information content (AvgIpc) is 2.96. The first kappa shape index (κ1) is 15.6. The van der Waals surface area contributed by atoms with E-state index >= 15 is 0 Å². The van der Waals surface area contributed by atoms with Crippen LogP contribution in [-0.4, -0.2) is 34.5 Å². The molecule has 1 aliphatic rings. The molecule has 5 nitrogen and oxygen atoms in total. The van der Waals surface area contributed by atoms with Crippen molar-refractivity contribution in [3.63, 3.8) is 0 Å². The van der Waals surface area contributed by atoms with Crippen molar-refractivity contribution in [3.8, 4) is 0 Å². The van der Waals surface area contributed by atoms with Crippen molar-refractivity contribution in [3.05, 3.63) is 23.7 Å². The Bertz CT molecular complexity index is 520. The molecule has 1 saturated carbocycles. The van der Waals surface area contributed by atoms with E-state index in [1.807, 2.05) is 26.0 Å². The second-order valence-electron chi connectivity index (χ2n) is 6.13. The van der Waals surface area contributed by atoms with Crippen LogP contribution in [0.1, 0.15) is 51.1 Å². The lowest BCUT2D eigenvalue weighted by Gasteiger charge is -2.24. The van der Waals surface area contributed by atoms with Gasteiger partial charge in [0.25, 0.3) is 0 Å². The van der Waals surface area contributed by atoms with Gasteiger partial charge in [0, 0.05) is 24.8 Å². The van der Waals surface area contributed by atoms with E-state index in [1.165, 1.54) is 11.3 Å². The number of aliphatic carboxylic acids is 1. The standard InChI is InChI=1S/C16H23NO4/c1-10(2)17(9-16(19)20)15(18)7-5-12-4-6-14(21-12)13-8-11(13)3/h4,6,10-11,13H,5,7-9H2,1-3H3,(H,19,20). The molecular formula is C16H23NO4. The zero-order chi connectivity index (χ0) is 15.6. The zero-order valence-corrected chi connectivity index (χ0v) is 12.8. The van der Waals surface area contributed by atoms with Crippen molar-refractivity contribution in [2.75, 3.05) is 6.54 Å². The number of rotatable bonds is 7. The maximum absolute atomic E-state index is 12.1. The summed E-state index contributed by atoms with van der Waals surface area (Å²) >= 11 is 0. The van der Waals surface area contributed by atoms with E-state index in [4.69, 9.17) is 9.52 Å². The fraction of sp³-hybridized carbons (Fsp3) is 0.625. The Balaban J connectivity index is 1.87. The summed E-state index contributed by atoms with van der Waals surface area (Å²) in [5, 5.41) is 8.85. The van der Waals surface area contributed by atoms with E-state index in [9.17, 15) is 9.59 Å². The van der Waals surface area contributed by atoms with Crippen LogP contribution >= 0.6 is 0 Å². The molecule has 0 spiro atoms. The van der Waals surface area contributed by atoms with Crippen LogP contribution in [0.2, 0.25) is 0 Å². The lowest BCUT2D eigenvalue weighted by atomic mass is 10.2. The Morgan fingerprint density at radius 1 is 1.43 bits per heavy atom. The largest absolute Gasteiger partial charge is 0.480 e. The van der Waals surface area contributed by atoms with Crippen LogP contribution in [0.5, 0.6) is 0 Å². The highest BCUT2D eigenvalue weighted by atomic mass is 16.4. The number of carboxylic acid groups (broad SMARTS) is 1. The smallest absolute Gasteiger partial charge is 0.323 e. The van der Waals surface area contributed by atoms with Crippen LogP contribution in [0, 0.1) is 5.92 Å². The van der Waals surface area contributed by atoms with Gasteiger partial charge in [0.15, 0.2) is 0 Å². The van der Waals surface area contributed by atoms with Crippen LogP contribution in [0.4, 0.5) is 0 Å². The fourth-order valence-electron chi connectivity index (χ4n) is 2.52. The number of amides is 1. The van der Waals surface area contributed by atoms with E-state index < -0.39 is 5.97 Å². The van der Waals surface area contributed by atoms with Gasteiger partial charge in [-0.25, -0.2) is 0 Å². The summed E-state index contributed by atoms with van der Waals surface area (Å²) in [6, 6.07) is 3.80. The second kappa shape index (κ2) is 6.33. The molecule has 0 bridgehead atoms. The third-order valence-electron chi connectivity index (χ3n) is 3.99. The van der Waals surface area contributed by atoms with Gasteiger partial charge in [0.2, 0.25) is 5.91 Å². The molecule has 0 radical (unpaired) electrons. The van der Waals surface area contributed by atoms with Crippen molar-refractivity contribution in [1.29, 1.82) is 0 Å². The third kappa shape index (κ3) is 4.09. The van der Waals surface area contributed by atoms with Crippen molar-refractivity contribution < 1.29 is 19.1 Å². The predicted octanol–water partition coefficient (Wildman–Crippen LogP) is 2.66. The number of hydrogen-bond acceptors (Lipinski definition) is 3. The van der Waals surface area contributed by atoms with Gasteiger partial charge in [-0.2, -0.15) is 0 Å². The van der Waals surface area contributed by atoms with Crippen LogP contribution < -0.4 is 0 Å². The Kier molecular flexibility index (Phi) is 4.70. The summed E-state index contributed by atoms with van der Waals surface area (Å²) in [6.45, 7) is 5.59. The quantitative estimate of drug-likeness (QED) is 0.839. The summed E-state index contributed by atoms with van der Waals surface area (Å²) in [4.78, 5) is 24.3. The molecule has 2 rings (SSSR count). The number of carbonyl (C=O) groups excluding carboxylic acids is 1. The maximum atomic E-state index is 12.1. The first-order chi connectivity index (χ1) is 9.88. The van der Waals surface area contributed by atoms with E-state index in [0.717, 1.165) is 11.5 Å². The molecule has 116 valence electrons. The highest BCUT2D eigenvalue weighted by Crippen LogP contribution is 2.47. The van der Waals surface area contributed by atoms with Gasteiger partial charge in [-0.1, -0.05) is 6.92 Å². The van der Waals surface area contributed by atoms with Gasteiger partial charge in [-0.3, -0.25) is 9.59 Å². The predicted molar refractivity (Wildman–Crippen MR) is 78.0 cm³/mol. The first-order valence-electron chi connectivity index (χ1n) is 7.48. The monoisotopic (exact) mass is 293 g/mol. The fourth-order valence-corrected chi connectivity index (χ4v) is 2.52. The zero-order valence-electron chi connectivity index (χ0n) is 12.8. The molecule has 0 aliphatic heterocycles. The van der Waals surface area contributed by atoms with Gasteiger partial charge in [0.1, 0.15) is 18.1 Å². The van der Waals surface area contributed by atoms with Crippen molar-refractivity contribution in [1.82, 2.24) is 4.90 Å². The van der Waals surface area contributed by atoms with Gasteiger partial charge < -0.3 is 14.4 Å². The number of carboxylic acids is 1. The Labute approximate surface area is 124 Å². The molecule has 5 heteroatoms. The van der Waals surface area contributed by atoms with E-state index in [-0.39, 0.29) is 24.9 Å². The molecule has 1 heterocycles. The van der Waals surface area contributed by atoms with E-state index in [0.29, 0.717) is 18.3 Å². The van der Waals surface area contributed by atoms with Crippen molar-refractivity contribution in [2.24, 2.45) is 5.92 Å². The lowest BCUT2D eigenvalue weighted by Crippen LogP contribution is -2.40. The normalized spacial score (nSPS) is 20.6. The molecule has 1 fully saturated rings.